The molecule has 6 nitrogen and oxygen atoms in total. The molecule has 5 rings (SSSR count). The Bertz CT molecular complexity index is 1130. The number of rotatable bonds is 4. The molecule has 2 aromatic carbocycles. The fourth-order valence-electron chi connectivity index (χ4n) is 3.54. The predicted octanol–water partition coefficient (Wildman–Crippen LogP) is 3.76. The van der Waals surface area contributed by atoms with Gasteiger partial charge in [0.05, 0.1) is 17.7 Å². The maximum absolute atomic E-state index is 12.5. The Labute approximate surface area is 170 Å². The van der Waals surface area contributed by atoms with Gasteiger partial charge in [-0.05, 0) is 30.3 Å². The second-order valence-corrected chi connectivity index (χ2v) is 7.75. The van der Waals surface area contributed by atoms with Crippen LogP contribution in [-0.4, -0.2) is 35.8 Å². The number of amides is 2. The van der Waals surface area contributed by atoms with Crippen molar-refractivity contribution in [2.24, 2.45) is 0 Å². The number of fused-ring (bicyclic) bond motifs is 4. The molecule has 2 aliphatic rings. The Kier molecular flexibility index (Phi) is 4.17. The van der Waals surface area contributed by atoms with E-state index in [4.69, 9.17) is 9.47 Å². The summed E-state index contributed by atoms with van der Waals surface area (Å²) in [6.07, 6.45) is 0. The molecule has 3 aromatic rings. The van der Waals surface area contributed by atoms with Gasteiger partial charge in [0.15, 0.2) is 0 Å². The highest BCUT2D eigenvalue weighted by Gasteiger charge is 2.35. The lowest BCUT2D eigenvalue weighted by atomic mass is 10.1. The molecule has 0 aliphatic carbocycles. The van der Waals surface area contributed by atoms with E-state index in [-0.39, 0.29) is 25.0 Å². The van der Waals surface area contributed by atoms with E-state index in [2.05, 4.69) is 0 Å². The van der Waals surface area contributed by atoms with Crippen molar-refractivity contribution in [1.29, 1.82) is 0 Å². The van der Waals surface area contributed by atoms with Crippen molar-refractivity contribution in [3.8, 4) is 16.2 Å². The average Bonchev–Trinajstić information content (AvgIpc) is 3.29. The van der Waals surface area contributed by atoms with Gasteiger partial charge in [-0.15, -0.1) is 11.3 Å². The normalized spacial score (nSPS) is 14.1. The highest BCUT2D eigenvalue weighted by Crippen LogP contribution is 2.42. The van der Waals surface area contributed by atoms with Crippen LogP contribution in [0.4, 0.5) is 0 Å². The van der Waals surface area contributed by atoms with Crippen LogP contribution in [0.1, 0.15) is 36.0 Å². The van der Waals surface area contributed by atoms with E-state index in [1.54, 1.807) is 30.3 Å². The Morgan fingerprint density at radius 2 is 1.66 bits per heavy atom. The summed E-state index contributed by atoms with van der Waals surface area (Å²) in [5, 5.41) is 0. The molecule has 0 saturated carbocycles. The third-order valence-corrected chi connectivity index (χ3v) is 6.14. The number of hydrogen-bond acceptors (Lipinski definition) is 6. The first-order valence-corrected chi connectivity index (χ1v) is 9.92. The van der Waals surface area contributed by atoms with Crippen molar-refractivity contribution < 1.29 is 23.9 Å². The number of thiophene rings is 1. The van der Waals surface area contributed by atoms with Gasteiger partial charge >= 0.3 is 5.97 Å². The van der Waals surface area contributed by atoms with Crippen LogP contribution in [0.25, 0.3) is 10.4 Å². The molecule has 2 aliphatic heterocycles. The zero-order valence-corrected chi connectivity index (χ0v) is 16.0. The van der Waals surface area contributed by atoms with E-state index < -0.39 is 5.97 Å². The standard InChI is InChI=1S/C22H15NO5S/c24-20-14-5-1-2-6-15(14)21(25)23(20)9-10-27-22(26)18-11-13-12-28-17-8-4-3-7-16(17)19(13)29-18/h1-8,11H,9-10,12H2. The lowest BCUT2D eigenvalue weighted by Crippen LogP contribution is -2.33. The van der Waals surface area contributed by atoms with Crippen molar-refractivity contribution in [3.05, 3.63) is 76.2 Å². The molecule has 0 saturated heterocycles. The van der Waals surface area contributed by atoms with Crippen LogP contribution >= 0.6 is 11.3 Å². The summed E-state index contributed by atoms with van der Waals surface area (Å²) in [5.74, 6) is -0.394. The number of esters is 1. The first-order valence-electron chi connectivity index (χ1n) is 9.11. The lowest BCUT2D eigenvalue weighted by Gasteiger charge is -2.16. The van der Waals surface area contributed by atoms with Crippen LogP contribution in [0.3, 0.4) is 0 Å². The molecule has 0 fully saturated rings. The van der Waals surface area contributed by atoms with Gasteiger partial charge in [-0.2, -0.15) is 0 Å². The van der Waals surface area contributed by atoms with Gasteiger partial charge in [0, 0.05) is 16.0 Å². The first-order chi connectivity index (χ1) is 14.1. The van der Waals surface area contributed by atoms with E-state index in [0.29, 0.717) is 22.6 Å². The second-order valence-electron chi connectivity index (χ2n) is 6.69. The van der Waals surface area contributed by atoms with Crippen molar-refractivity contribution in [2.45, 2.75) is 6.61 Å². The fraction of sp³-hybridized carbons (Fsp3) is 0.136. The maximum atomic E-state index is 12.5. The number of nitrogens with zero attached hydrogens (tertiary/aromatic N) is 1. The number of carbonyl (C=O) groups excluding carboxylic acids is 3. The van der Waals surface area contributed by atoms with Gasteiger partial charge in [0.1, 0.15) is 23.8 Å². The van der Waals surface area contributed by atoms with Crippen molar-refractivity contribution >= 4 is 29.1 Å². The number of benzene rings is 2. The highest BCUT2D eigenvalue weighted by molar-refractivity contribution is 7.17. The van der Waals surface area contributed by atoms with E-state index in [1.807, 2.05) is 24.3 Å². The van der Waals surface area contributed by atoms with Crippen LogP contribution in [0.5, 0.6) is 5.75 Å². The van der Waals surface area contributed by atoms with Gasteiger partial charge in [-0.1, -0.05) is 24.3 Å². The smallest absolute Gasteiger partial charge is 0.348 e. The zero-order valence-electron chi connectivity index (χ0n) is 15.2. The molecule has 0 spiro atoms. The molecular formula is C22H15NO5S. The topological polar surface area (TPSA) is 72.9 Å². The third kappa shape index (κ3) is 2.91. The Morgan fingerprint density at radius 3 is 2.38 bits per heavy atom. The summed E-state index contributed by atoms with van der Waals surface area (Å²) < 4.78 is 11.1. The summed E-state index contributed by atoms with van der Waals surface area (Å²) in [7, 11) is 0. The predicted molar refractivity (Wildman–Crippen MR) is 106 cm³/mol. The van der Waals surface area contributed by atoms with Gasteiger partial charge < -0.3 is 9.47 Å². The van der Waals surface area contributed by atoms with Crippen molar-refractivity contribution in [2.75, 3.05) is 13.2 Å². The minimum atomic E-state index is -0.474. The van der Waals surface area contributed by atoms with E-state index >= 15 is 0 Å². The summed E-state index contributed by atoms with van der Waals surface area (Å²) in [4.78, 5) is 39.8. The molecule has 0 bridgehead atoms. The molecule has 29 heavy (non-hydrogen) atoms. The van der Waals surface area contributed by atoms with Crippen molar-refractivity contribution in [3.63, 3.8) is 0 Å². The van der Waals surface area contributed by atoms with Gasteiger partial charge in [-0.25, -0.2) is 4.79 Å². The lowest BCUT2D eigenvalue weighted by molar-refractivity contribution is 0.0424. The second kappa shape index (κ2) is 6.86. The molecule has 2 amide bonds. The third-order valence-electron chi connectivity index (χ3n) is 4.95. The summed E-state index contributed by atoms with van der Waals surface area (Å²) in [6.45, 7) is 0.375. The molecule has 0 unspecified atom stereocenters. The number of carbonyl (C=O) groups is 3. The van der Waals surface area contributed by atoms with Gasteiger partial charge in [-0.3, -0.25) is 14.5 Å². The van der Waals surface area contributed by atoms with Gasteiger partial charge in [0.25, 0.3) is 11.8 Å². The summed E-state index contributed by atoms with van der Waals surface area (Å²) in [5.41, 5.74) is 2.67. The van der Waals surface area contributed by atoms with Crippen LogP contribution in [-0.2, 0) is 11.3 Å². The van der Waals surface area contributed by atoms with Gasteiger partial charge in [0.2, 0.25) is 0 Å². The molecule has 0 N–H and O–H groups in total. The molecule has 0 radical (unpaired) electrons. The monoisotopic (exact) mass is 405 g/mol. The number of hydrogen-bond donors (Lipinski definition) is 0. The summed E-state index contributed by atoms with van der Waals surface area (Å²) in [6, 6.07) is 16.2. The quantitative estimate of drug-likeness (QED) is 0.488. The fourth-order valence-corrected chi connectivity index (χ4v) is 4.63. The summed E-state index contributed by atoms with van der Waals surface area (Å²) >= 11 is 1.36. The van der Waals surface area contributed by atoms with Crippen LogP contribution in [0.15, 0.2) is 54.6 Å². The molecule has 144 valence electrons. The largest absolute Gasteiger partial charge is 0.488 e. The van der Waals surface area contributed by atoms with Crippen LogP contribution < -0.4 is 4.74 Å². The van der Waals surface area contributed by atoms with E-state index in [9.17, 15) is 14.4 Å². The number of imide groups is 1. The number of para-hydroxylation sites is 1. The van der Waals surface area contributed by atoms with Crippen LogP contribution in [0.2, 0.25) is 0 Å². The molecule has 3 heterocycles. The SMILES string of the molecule is O=C(OCCN1C(=O)c2ccccc2C1=O)c1cc2c(s1)-c1ccccc1OC2. The molecule has 0 atom stereocenters. The minimum Gasteiger partial charge on any atom is -0.488 e. The highest BCUT2D eigenvalue weighted by atomic mass is 32.1. The van der Waals surface area contributed by atoms with Crippen LogP contribution in [0, 0.1) is 0 Å². The minimum absolute atomic E-state index is 0.0229. The Morgan fingerprint density at radius 1 is 1.00 bits per heavy atom. The molecule has 1 aromatic heterocycles. The maximum Gasteiger partial charge on any atom is 0.348 e. The zero-order chi connectivity index (χ0) is 20.0. The van der Waals surface area contributed by atoms with Crippen molar-refractivity contribution in [1.82, 2.24) is 4.90 Å². The molecular weight excluding hydrogens is 390 g/mol. The van der Waals surface area contributed by atoms with E-state index in [0.717, 1.165) is 26.7 Å². The Hall–Kier alpha value is -3.45. The average molecular weight is 405 g/mol. The molecule has 7 heteroatoms. The number of ether oxygens (including phenoxy) is 2. The Balaban J connectivity index is 1.26. The van der Waals surface area contributed by atoms with E-state index in [1.165, 1.54) is 11.3 Å². The first kappa shape index (κ1) is 17.6.